The molecule has 0 saturated carbocycles. The van der Waals surface area contributed by atoms with Gasteiger partial charge in [0.25, 0.3) is 5.56 Å². The Morgan fingerprint density at radius 2 is 1.86 bits per heavy atom. The lowest BCUT2D eigenvalue weighted by Crippen LogP contribution is -2.39. The molecule has 4 aromatic rings. The Hall–Kier alpha value is -4.24. The first-order valence-corrected chi connectivity index (χ1v) is 12.4. The van der Waals surface area contributed by atoms with Gasteiger partial charge in [-0.3, -0.25) is 9.36 Å². The number of rotatable bonds is 6. The Labute approximate surface area is 215 Å². The number of furan rings is 1. The molecule has 0 saturated heterocycles. The minimum Gasteiger partial charge on any atom is -0.497 e. The standard InChI is InChI=1S/C28H23FN2O5S/c1-4-35-27(33)24-16(2)30-28-31(25(24)18-7-11-20(34-3)12-8-18)26(32)23(37-28)15-21-13-14-22(36-21)17-5-9-19(29)10-6-17/h5-15,25H,4H2,1-3H3/t25-/m1/s1. The van der Waals surface area contributed by atoms with Crippen LogP contribution in [-0.2, 0) is 9.53 Å². The molecule has 0 spiro atoms. The summed E-state index contributed by atoms with van der Waals surface area (Å²) in [5.74, 6) is 0.821. The Bertz CT molecular complexity index is 1680. The van der Waals surface area contributed by atoms with Gasteiger partial charge in [0.15, 0.2) is 4.80 Å². The largest absolute Gasteiger partial charge is 0.497 e. The third-order valence-electron chi connectivity index (χ3n) is 5.98. The zero-order chi connectivity index (χ0) is 26.1. The Balaban J connectivity index is 1.62. The van der Waals surface area contributed by atoms with E-state index in [0.29, 0.717) is 37.9 Å². The van der Waals surface area contributed by atoms with E-state index in [4.69, 9.17) is 13.9 Å². The van der Waals surface area contributed by atoms with Crippen LogP contribution in [0.15, 0.2) is 86.1 Å². The minimum atomic E-state index is -0.713. The van der Waals surface area contributed by atoms with Crippen molar-refractivity contribution in [2.75, 3.05) is 13.7 Å². The van der Waals surface area contributed by atoms with Crippen LogP contribution in [0.5, 0.6) is 5.75 Å². The molecule has 0 unspecified atom stereocenters. The molecule has 2 aromatic carbocycles. The topological polar surface area (TPSA) is 83.0 Å². The van der Waals surface area contributed by atoms with E-state index in [1.54, 1.807) is 63.4 Å². The van der Waals surface area contributed by atoms with Crippen LogP contribution in [0.2, 0.25) is 0 Å². The summed E-state index contributed by atoms with van der Waals surface area (Å²) in [4.78, 5) is 31.7. The van der Waals surface area contributed by atoms with Crippen molar-refractivity contribution in [1.82, 2.24) is 4.57 Å². The maximum Gasteiger partial charge on any atom is 0.338 e. The van der Waals surface area contributed by atoms with Gasteiger partial charge in [-0.2, -0.15) is 0 Å². The number of thiazole rings is 1. The summed E-state index contributed by atoms with van der Waals surface area (Å²) in [5.41, 5.74) is 1.93. The van der Waals surface area contributed by atoms with Crippen LogP contribution in [0, 0.1) is 5.82 Å². The number of halogens is 1. The lowest BCUT2D eigenvalue weighted by atomic mass is 9.96. The van der Waals surface area contributed by atoms with Crippen molar-refractivity contribution in [3.8, 4) is 17.1 Å². The molecule has 5 rings (SSSR count). The second-order valence-corrected chi connectivity index (χ2v) is 9.29. The van der Waals surface area contributed by atoms with Crippen molar-refractivity contribution in [2.45, 2.75) is 19.9 Å². The van der Waals surface area contributed by atoms with Gasteiger partial charge >= 0.3 is 5.97 Å². The van der Waals surface area contributed by atoms with Crippen molar-refractivity contribution in [3.63, 3.8) is 0 Å². The zero-order valence-corrected chi connectivity index (χ0v) is 21.2. The average molecular weight is 519 g/mol. The number of carbonyl (C=O) groups excluding carboxylic acids is 1. The molecule has 0 fully saturated rings. The van der Waals surface area contributed by atoms with Crippen molar-refractivity contribution < 1.29 is 23.1 Å². The number of carbonyl (C=O) groups is 1. The number of fused-ring (bicyclic) bond motifs is 1. The Morgan fingerprint density at radius 3 is 2.54 bits per heavy atom. The fraction of sp³-hybridized carbons (Fsp3) is 0.179. The SMILES string of the molecule is CCOC(=O)C1=C(C)N=c2sc(=Cc3ccc(-c4ccc(F)cc4)o3)c(=O)n2[C@@H]1c1ccc(OC)cc1. The van der Waals surface area contributed by atoms with Crippen molar-refractivity contribution in [2.24, 2.45) is 4.99 Å². The van der Waals surface area contributed by atoms with Crippen LogP contribution >= 0.6 is 11.3 Å². The highest BCUT2D eigenvalue weighted by Crippen LogP contribution is 2.31. The van der Waals surface area contributed by atoms with Crippen LogP contribution in [0.4, 0.5) is 4.39 Å². The molecular weight excluding hydrogens is 495 g/mol. The highest BCUT2D eigenvalue weighted by molar-refractivity contribution is 7.07. The van der Waals surface area contributed by atoms with E-state index in [1.165, 1.54) is 28.0 Å². The second-order valence-electron chi connectivity index (χ2n) is 8.28. The van der Waals surface area contributed by atoms with Gasteiger partial charge in [-0.15, -0.1) is 0 Å². The second kappa shape index (κ2) is 10.0. The van der Waals surface area contributed by atoms with Crippen LogP contribution in [0.1, 0.15) is 31.2 Å². The Morgan fingerprint density at radius 1 is 1.14 bits per heavy atom. The van der Waals surface area contributed by atoms with Crippen LogP contribution in [0.3, 0.4) is 0 Å². The predicted octanol–water partition coefficient (Wildman–Crippen LogP) is 4.21. The summed E-state index contributed by atoms with van der Waals surface area (Å²) in [6.07, 6.45) is 1.64. The third kappa shape index (κ3) is 4.65. The number of hydrogen-bond donors (Lipinski definition) is 0. The van der Waals surface area contributed by atoms with Crippen LogP contribution in [0.25, 0.3) is 17.4 Å². The van der Waals surface area contributed by atoms with E-state index >= 15 is 0 Å². The normalized spacial score (nSPS) is 15.4. The van der Waals surface area contributed by atoms with Gasteiger partial charge in [0.2, 0.25) is 0 Å². The minimum absolute atomic E-state index is 0.199. The number of allylic oxidation sites excluding steroid dienone is 1. The summed E-state index contributed by atoms with van der Waals surface area (Å²) < 4.78 is 31.7. The first kappa shape index (κ1) is 24.5. The van der Waals surface area contributed by atoms with Gasteiger partial charge in [0.1, 0.15) is 23.1 Å². The maximum atomic E-state index is 13.7. The smallest absolute Gasteiger partial charge is 0.338 e. The predicted molar refractivity (Wildman–Crippen MR) is 137 cm³/mol. The molecule has 7 nitrogen and oxygen atoms in total. The molecule has 1 aliphatic rings. The highest BCUT2D eigenvalue weighted by atomic mass is 32.1. The molecule has 3 heterocycles. The van der Waals surface area contributed by atoms with E-state index in [0.717, 1.165) is 11.1 Å². The fourth-order valence-corrected chi connectivity index (χ4v) is 5.25. The van der Waals surface area contributed by atoms with E-state index in [2.05, 4.69) is 4.99 Å². The molecule has 0 radical (unpaired) electrons. The van der Waals surface area contributed by atoms with Gasteiger partial charge in [-0.1, -0.05) is 23.5 Å². The summed E-state index contributed by atoms with van der Waals surface area (Å²) in [6, 6.07) is 16.0. The van der Waals surface area contributed by atoms with E-state index < -0.39 is 12.0 Å². The summed E-state index contributed by atoms with van der Waals surface area (Å²) in [5, 5.41) is 0. The van der Waals surface area contributed by atoms with Crippen LogP contribution < -0.4 is 19.6 Å². The molecule has 1 atom stereocenters. The summed E-state index contributed by atoms with van der Waals surface area (Å²) >= 11 is 1.21. The van der Waals surface area contributed by atoms with E-state index in [9.17, 15) is 14.0 Å². The first-order chi connectivity index (χ1) is 17.9. The van der Waals surface area contributed by atoms with E-state index in [-0.39, 0.29) is 18.0 Å². The molecule has 0 aliphatic carbocycles. The highest BCUT2D eigenvalue weighted by Gasteiger charge is 2.33. The molecule has 1 aliphatic heterocycles. The number of esters is 1. The summed E-state index contributed by atoms with van der Waals surface area (Å²) in [6.45, 7) is 3.67. The lowest BCUT2D eigenvalue weighted by molar-refractivity contribution is -0.139. The van der Waals surface area contributed by atoms with Gasteiger partial charge in [-0.05, 0) is 67.9 Å². The quantitative estimate of drug-likeness (QED) is 0.357. The maximum absolute atomic E-state index is 13.7. The van der Waals surface area contributed by atoms with Gasteiger partial charge in [0, 0.05) is 11.6 Å². The molecule has 188 valence electrons. The number of nitrogens with zero attached hydrogens (tertiary/aromatic N) is 2. The summed E-state index contributed by atoms with van der Waals surface area (Å²) in [7, 11) is 1.57. The third-order valence-corrected chi connectivity index (χ3v) is 6.96. The number of aromatic nitrogens is 1. The van der Waals surface area contributed by atoms with Crippen molar-refractivity contribution >= 4 is 23.4 Å². The van der Waals surface area contributed by atoms with Gasteiger partial charge in [0.05, 0.1) is 35.6 Å². The lowest BCUT2D eigenvalue weighted by Gasteiger charge is -2.24. The molecular formula is C28H23FN2O5S. The van der Waals surface area contributed by atoms with Gasteiger partial charge < -0.3 is 13.9 Å². The number of ether oxygens (including phenoxy) is 2. The first-order valence-electron chi connectivity index (χ1n) is 11.6. The van der Waals surface area contributed by atoms with E-state index in [1.807, 2.05) is 12.1 Å². The van der Waals surface area contributed by atoms with Crippen molar-refractivity contribution in [3.05, 3.63) is 109 Å². The molecule has 2 aromatic heterocycles. The van der Waals surface area contributed by atoms with Crippen molar-refractivity contribution in [1.29, 1.82) is 0 Å². The molecule has 9 heteroatoms. The van der Waals surface area contributed by atoms with Gasteiger partial charge in [-0.25, -0.2) is 14.2 Å². The fourth-order valence-electron chi connectivity index (χ4n) is 4.22. The zero-order valence-electron chi connectivity index (χ0n) is 20.4. The average Bonchev–Trinajstić information content (AvgIpc) is 3.48. The number of methoxy groups -OCH3 is 1. The van der Waals surface area contributed by atoms with Crippen LogP contribution in [-0.4, -0.2) is 24.3 Å². The number of hydrogen-bond acceptors (Lipinski definition) is 7. The Kier molecular flexibility index (Phi) is 6.62. The molecule has 0 bridgehead atoms. The molecule has 0 N–H and O–H groups in total. The molecule has 37 heavy (non-hydrogen) atoms. The number of benzene rings is 2. The monoisotopic (exact) mass is 518 g/mol. The molecule has 0 amide bonds.